The maximum Gasteiger partial charge on any atom is 0.273 e. The lowest BCUT2D eigenvalue weighted by atomic mass is 10.0. The van der Waals surface area contributed by atoms with Gasteiger partial charge in [0.25, 0.3) is 5.56 Å². The summed E-state index contributed by atoms with van der Waals surface area (Å²) in [5.41, 5.74) is 5.67. The van der Waals surface area contributed by atoms with Gasteiger partial charge in [-0.25, -0.2) is 5.10 Å². The van der Waals surface area contributed by atoms with Gasteiger partial charge in [0.1, 0.15) is 0 Å². The van der Waals surface area contributed by atoms with Crippen molar-refractivity contribution >= 4 is 23.1 Å². The summed E-state index contributed by atoms with van der Waals surface area (Å²) in [6, 6.07) is 23.7. The van der Waals surface area contributed by atoms with E-state index in [4.69, 9.17) is 0 Å². The Morgan fingerprint density at radius 1 is 0.833 bits per heavy atom. The molecule has 5 nitrogen and oxygen atoms in total. The zero-order valence-electron chi connectivity index (χ0n) is 16.0. The van der Waals surface area contributed by atoms with Crippen LogP contribution in [0.1, 0.15) is 11.1 Å². The van der Waals surface area contributed by atoms with E-state index in [0.717, 1.165) is 33.3 Å². The molecule has 0 saturated carbocycles. The smallest absolute Gasteiger partial charge is 0.273 e. The number of nitrogens with zero attached hydrogens (tertiary/aromatic N) is 2. The molecule has 5 heteroatoms. The topological polar surface area (TPSA) is 74.4 Å². The lowest BCUT2D eigenvalue weighted by molar-refractivity contribution is 0.996. The minimum atomic E-state index is -0.242. The van der Waals surface area contributed by atoms with Crippen molar-refractivity contribution in [2.45, 2.75) is 0 Å². The summed E-state index contributed by atoms with van der Waals surface area (Å²) in [5, 5.41) is 7.91. The molecule has 0 aliphatic rings. The third-order valence-electron chi connectivity index (χ3n) is 5.04. The van der Waals surface area contributed by atoms with Gasteiger partial charge in [-0.05, 0) is 29.8 Å². The number of pyridine rings is 1. The van der Waals surface area contributed by atoms with Gasteiger partial charge in [-0.2, -0.15) is 5.10 Å². The molecule has 3 aromatic heterocycles. The minimum absolute atomic E-state index is 0.242. The Labute approximate surface area is 172 Å². The first kappa shape index (κ1) is 17.8. The number of hydrogen-bond donors (Lipinski definition) is 2. The summed E-state index contributed by atoms with van der Waals surface area (Å²) >= 11 is 0. The van der Waals surface area contributed by atoms with Crippen LogP contribution in [-0.4, -0.2) is 20.2 Å². The van der Waals surface area contributed by atoms with Gasteiger partial charge in [0.15, 0.2) is 0 Å². The van der Waals surface area contributed by atoms with Crippen LogP contribution < -0.4 is 5.56 Å². The van der Waals surface area contributed by atoms with Crippen LogP contribution in [0.15, 0.2) is 90.0 Å². The van der Waals surface area contributed by atoms with Gasteiger partial charge in [-0.15, -0.1) is 0 Å². The van der Waals surface area contributed by atoms with E-state index in [1.54, 1.807) is 12.4 Å². The molecule has 0 radical (unpaired) electrons. The number of H-pyrrole nitrogens is 2. The highest BCUT2D eigenvalue weighted by Gasteiger charge is 2.15. The van der Waals surface area contributed by atoms with Gasteiger partial charge in [0.05, 0.1) is 17.0 Å². The van der Waals surface area contributed by atoms with Crippen LogP contribution in [-0.2, 0) is 0 Å². The molecular formula is C25H18N4O. The normalized spacial score (nSPS) is 11.3. The van der Waals surface area contributed by atoms with Gasteiger partial charge < -0.3 is 4.98 Å². The van der Waals surface area contributed by atoms with Crippen molar-refractivity contribution in [1.29, 1.82) is 0 Å². The highest BCUT2D eigenvalue weighted by molar-refractivity contribution is 5.98. The van der Waals surface area contributed by atoms with Crippen LogP contribution >= 0.6 is 0 Å². The standard InChI is InChI=1S/C25H18N4O/c30-25-21(16-23(28-29-25)18-12-14-26-15-13-18)24-20(11-10-17-6-2-1-3-7-17)19-8-4-5-9-22(19)27-24/h1-16,27H,(H,29,30)/b11-10+. The number of rotatable bonds is 4. The lowest BCUT2D eigenvalue weighted by Crippen LogP contribution is -2.12. The summed E-state index contributed by atoms with van der Waals surface area (Å²) < 4.78 is 0. The molecule has 0 fully saturated rings. The van der Waals surface area contributed by atoms with Gasteiger partial charge in [0, 0.05) is 34.4 Å². The number of para-hydroxylation sites is 1. The predicted molar refractivity (Wildman–Crippen MR) is 121 cm³/mol. The Morgan fingerprint density at radius 3 is 2.43 bits per heavy atom. The molecule has 2 aromatic carbocycles. The van der Waals surface area contributed by atoms with Gasteiger partial charge >= 0.3 is 0 Å². The first-order valence-corrected chi connectivity index (χ1v) is 9.64. The molecule has 0 amide bonds. The molecule has 144 valence electrons. The average molecular weight is 390 g/mol. The van der Waals surface area contributed by atoms with Crippen LogP contribution in [0.3, 0.4) is 0 Å². The molecule has 0 unspecified atom stereocenters. The Kier molecular flexibility index (Phi) is 4.54. The quantitative estimate of drug-likeness (QED) is 0.446. The van der Waals surface area contributed by atoms with E-state index in [0.29, 0.717) is 11.3 Å². The fraction of sp³-hybridized carbons (Fsp3) is 0. The first-order chi connectivity index (χ1) is 14.8. The second-order valence-electron chi connectivity index (χ2n) is 6.94. The Balaban J connectivity index is 1.70. The van der Waals surface area contributed by atoms with Crippen molar-refractivity contribution < 1.29 is 0 Å². The molecule has 0 aliphatic heterocycles. The molecule has 0 aliphatic carbocycles. The molecule has 0 atom stereocenters. The molecule has 30 heavy (non-hydrogen) atoms. The molecule has 0 bridgehead atoms. The van der Waals surface area contributed by atoms with Crippen molar-refractivity contribution in [3.63, 3.8) is 0 Å². The van der Waals surface area contributed by atoms with Crippen molar-refractivity contribution in [3.8, 4) is 22.5 Å². The van der Waals surface area contributed by atoms with Crippen LogP contribution in [0.25, 0.3) is 45.6 Å². The Bertz CT molecular complexity index is 1400. The fourth-order valence-corrected chi connectivity index (χ4v) is 3.55. The zero-order chi connectivity index (χ0) is 20.3. The number of aromatic nitrogens is 4. The van der Waals surface area contributed by atoms with Crippen LogP contribution in [0, 0.1) is 0 Å². The second-order valence-corrected chi connectivity index (χ2v) is 6.94. The predicted octanol–water partition coefficient (Wildman–Crippen LogP) is 5.15. The van der Waals surface area contributed by atoms with Gasteiger partial charge in [0.2, 0.25) is 0 Å². The van der Waals surface area contributed by atoms with E-state index in [-0.39, 0.29) is 5.56 Å². The molecule has 0 spiro atoms. The Hall–Kier alpha value is -4.25. The first-order valence-electron chi connectivity index (χ1n) is 9.64. The van der Waals surface area contributed by atoms with E-state index >= 15 is 0 Å². The van der Waals surface area contributed by atoms with Gasteiger partial charge in [-0.1, -0.05) is 60.7 Å². The monoisotopic (exact) mass is 390 g/mol. The molecule has 5 aromatic rings. The van der Waals surface area contributed by atoms with Crippen molar-refractivity contribution in [2.75, 3.05) is 0 Å². The third-order valence-corrected chi connectivity index (χ3v) is 5.04. The largest absolute Gasteiger partial charge is 0.354 e. The van der Waals surface area contributed by atoms with E-state index in [1.807, 2.05) is 66.7 Å². The summed E-state index contributed by atoms with van der Waals surface area (Å²) in [6.07, 6.45) is 7.52. The highest BCUT2D eigenvalue weighted by Crippen LogP contribution is 2.31. The van der Waals surface area contributed by atoms with Gasteiger partial charge in [-0.3, -0.25) is 9.78 Å². The van der Waals surface area contributed by atoms with Crippen LogP contribution in [0.2, 0.25) is 0 Å². The SMILES string of the molecule is O=c1[nH]nc(-c2ccncc2)cc1-c1[nH]c2ccccc2c1/C=C/c1ccccc1. The van der Waals surface area contributed by atoms with E-state index in [1.165, 1.54) is 0 Å². The number of nitrogens with one attached hydrogen (secondary N) is 2. The zero-order valence-corrected chi connectivity index (χ0v) is 16.0. The van der Waals surface area contributed by atoms with E-state index in [9.17, 15) is 4.79 Å². The van der Waals surface area contributed by atoms with Crippen LogP contribution in [0.5, 0.6) is 0 Å². The van der Waals surface area contributed by atoms with Crippen molar-refractivity contribution in [1.82, 2.24) is 20.2 Å². The van der Waals surface area contributed by atoms with E-state index < -0.39 is 0 Å². The summed E-state index contributed by atoms with van der Waals surface area (Å²) in [7, 11) is 0. The molecular weight excluding hydrogens is 372 g/mol. The molecule has 3 heterocycles. The molecule has 5 rings (SSSR count). The summed E-state index contributed by atoms with van der Waals surface area (Å²) in [5.74, 6) is 0. The highest BCUT2D eigenvalue weighted by atomic mass is 16.1. The number of fused-ring (bicyclic) bond motifs is 1. The summed E-state index contributed by atoms with van der Waals surface area (Å²) in [6.45, 7) is 0. The number of hydrogen-bond acceptors (Lipinski definition) is 3. The number of aromatic amines is 2. The number of benzene rings is 2. The second kappa shape index (κ2) is 7.64. The maximum atomic E-state index is 12.7. The molecule has 2 N–H and O–H groups in total. The summed E-state index contributed by atoms with van der Waals surface area (Å²) in [4.78, 5) is 20.2. The minimum Gasteiger partial charge on any atom is -0.354 e. The van der Waals surface area contributed by atoms with Crippen LogP contribution in [0.4, 0.5) is 0 Å². The molecule has 0 saturated heterocycles. The lowest BCUT2D eigenvalue weighted by Gasteiger charge is -2.04. The van der Waals surface area contributed by atoms with E-state index in [2.05, 4.69) is 38.4 Å². The third kappa shape index (κ3) is 3.33. The van der Waals surface area contributed by atoms with Crippen molar-refractivity contribution in [3.05, 3.63) is 107 Å². The fourth-order valence-electron chi connectivity index (χ4n) is 3.55. The maximum absolute atomic E-state index is 12.7. The van der Waals surface area contributed by atoms with Crippen molar-refractivity contribution in [2.24, 2.45) is 0 Å². The Morgan fingerprint density at radius 2 is 1.60 bits per heavy atom. The average Bonchev–Trinajstić information content (AvgIpc) is 3.17.